The standard InChI is InChI=1S/C5H13N3.C4H11NO/c1-6-5(7-2)8(3)4;1-3-5(6)4-2/h1-4H3,(H,6,7);6H,3-4H2,1-2H3. The number of rotatable bonds is 2. The Kier molecular flexibility index (Phi) is 11.5. The average Bonchev–Trinajstić information content (AvgIpc) is 2.19. The van der Waals surface area contributed by atoms with Gasteiger partial charge in [0.15, 0.2) is 5.96 Å². The van der Waals surface area contributed by atoms with Crippen molar-refractivity contribution in [1.29, 1.82) is 0 Å². The Morgan fingerprint density at radius 1 is 1.29 bits per heavy atom. The molecule has 0 heterocycles. The Morgan fingerprint density at radius 2 is 1.71 bits per heavy atom. The second-order valence-corrected chi connectivity index (χ2v) is 2.83. The molecule has 0 aromatic heterocycles. The molecular formula is C9H24N4O. The molecule has 2 N–H and O–H groups in total. The van der Waals surface area contributed by atoms with E-state index < -0.39 is 0 Å². The van der Waals surface area contributed by atoms with Gasteiger partial charge in [-0.3, -0.25) is 4.99 Å². The van der Waals surface area contributed by atoms with Crippen LogP contribution in [0.25, 0.3) is 0 Å². The summed E-state index contributed by atoms with van der Waals surface area (Å²) in [6.07, 6.45) is 0. The Bertz CT molecular complexity index is 144. The van der Waals surface area contributed by atoms with E-state index >= 15 is 0 Å². The van der Waals surface area contributed by atoms with Crippen LogP contribution in [0.15, 0.2) is 4.99 Å². The zero-order chi connectivity index (χ0) is 11.6. The zero-order valence-corrected chi connectivity index (χ0v) is 10.2. The van der Waals surface area contributed by atoms with Crippen LogP contribution in [0.2, 0.25) is 0 Å². The van der Waals surface area contributed by atoms with E-state index in [0.29, 0.717) is 0 Å². The normalized spacial score (nSPS) is 10.7. The first-order chi connectivity index (χ1) is 6.53. The number of guanidine groups is 1. The van der Waals surface area contributed by atoms with Gasteiger partial charge >= 0.3 is 0 Å². The largest absolute Gasteiger partial charge is 0.359 e. The second-order valence-electron chi connectivity index (χ2n) is 2.83. The molecule has 0 aromatic carbocycles. The third-order valence-corrected chi connectivity index (χ3v) is 1.59. The van der Waals surface area contributed by atoms with Crippen molar-refractivity contribution in [2.45, 2.75) is 13.8 Å². The maximum Gasteiger partial charge on any atom is 0.192 e. The minimum Gasteiger partial charge on any atom is -0.359 e. The molecule has 0 rings (SSSR count). The first-order valence-electron chi connectivity index (χ1n) is 4.79. The smallest absolute Gasteiger partial charge is 0.192 e. The topological polar surface area (TPSA) is 51.1 Å². The van der Waals surface area contributed by atoms with Gasteiger partial charge in [0.05, 0.1) is 0 Å². The second kappa shape index (κ2) is 10.3. The number of aliphatic imine (C=N–C) groups is 1. The lowest BCUT2D eigenvalue weighted by atomic mass is 10.6. The monoisotopic (exact) mass is 204 g/mol. The SMILES string of the molecule is CCN(O)CC.CN=C(NC)N(C)C. The van der Waals surface area contributed by atoms with Crippen molar-refractivity contribution in [3.05, 3.63) is 0 Å². The molecule has 0 radical (unpaired) electrons. The van der Waals surface area contributed by atoms with Gasteiger partial charge in [-0.15, -0.1) is 0 Å². The van der Waals surface area contributed by atoms with E-state index in [1.807, 2.05) is 39.9 Å². The fraction of sp³-hybridized carbons (Fsp3) is 0.889. The van der Waals surface area contributed by atoms with E-state index in [4.69, 9.17) is 5.21 Å². The number of nitrogens with one attached hydrogen (secondary N) is 1. The first kappa shape index (κ1) is 15.7. The van der Waals surface area contributed by atoms with Crippen LogP contribution >= 0.6 is 0 Å². The first-order valence-corrected chi connectivity index (χ1v) is 4.79. The van der Waals surface area contributed by atoms with Crippen LogP contribution in [0.5, 0.6) is 0 Å². The number of hydrogen-bond donors (Lipinski definition) is 2. The summed E-state index contributed by atoms with van der Waals surface area (Å²) in [7, 11) is 7.49. The molecule has 14 heavy (non-hydrogen) atoms. The van der Waals surface area contributed by atoms with Crippen molar-refractivity contribution in [2.24, 2.45) is 4.99 Å². The van der Waals surface area contributed by atoms with Gasteiger partial charge in [-0.2, -0.15) is 5.06 Å². The summed E-state index contributed by atoms with van der Waals surface area (Å²) in [6.45, 7) is 5.25. The van der Waals surface area contributed by atoms with Crippen LogP contribution < -0.4 is 5.32 Å². The summed E-state index contributed by atoms with van der Waals surface area (Å²) in [4.78, 5) is 5.85. The molecule has 0 saturated carbocycles. The molecule has 86 valence electrons. The van der Waals surface area contributed by atoms with E-state index in [1.54, 1.807) is 7.05 Å². The van der Waals surface area contributed by atoms with Gasteiger partial charge < -0.3 is 15.4 Å². The average molecular weight is 204 g/mol. The van der Waals surface area contributed by atoms with Crippen LogP contribution in [-0.2, 0) is 0 Å². The predicted octanol–water partition coefficient (Wildman–Crippen LogP) is 0.471. The van der Waals surface area contributed by atoms with E-state index in [-0.39, 0.29) is 0 Å². The summed E-state index contributed by atoms with van der Waals surface area (Å²) in [6, 6.07) is 0. The van der Waals surface area contributed by atoms with Crippen molar-refractivity contribution >= 4 is 5.96 Å². The van der Waals surface area contributed by atoms with Crippen molar-refractivity contribution in [1.82, 2.24) is 15.3 Å². The molecule has 0 fully saturated rings. The Morgan fingerprint density at radius 3 is 1.71 bits per heavy atom. The molecular weight excluding hydrogens is 180 g/mol. The van der Waals surface area contributed by atoms with Crippen LogP contribution in [-0.4, -0.2) is 62.4 Å². The Balaban J connectivity index is 0. The van der Waals surface area contributed by atoms with Crippen LogP contribution in [0.1, 0.15) is 13.8 Å². The highest BCUT2D eigenvalue weighted by Gasteiger charge is 1.91. The van der Waals surface area contributed by atoms with E-state index in [0.717, 1.165) is 19.0 Å². The van der Waals surface area contributed by atoms with Gasteiger partial charge in [-0.05, 0) is 0 Å². The molecule has 5 heteroatoms. The van der Waals surface area contributed by atoms with E-state index in [1.165, 1.54) is 5.06 Å². The van der Waals surface area contributed by atoms with Crippen molar-refractivity contribution in [3.8, 4) is 0 Å². The van der Waals surface area contributed by atoms with Gasteiger partial charge in [0, 0.05) is 41.3 Å². The molecule has 0 atom stereocenters. The molecule has 0 amide bonds. The van der Waals surface area contributed by atoms with Gasteiger partial charge in [-0.25, -0.2) is 0 Å². The van der Waals surface area contributed by atoms with Crippen LogP contribution in [0.3, 0.4) is 0 Å². The van der Waals surface area contributed by atoms with Gasteiger partial charge in [0.25, 0.3) is 0 Å². The highest BCUT2D eigenvalue weighted by atomic mass is 16.5. The van der Waals surface area contributed by atoms with Crippen molar-refractivity contribution < 1.29 is 5.21 Å². The molecule has 0 aliphatic carbocycles. The minimum atomic E-state index is 0.719. The molecule has 5 nitrogen and oxygen atoms in total. The summed E-state index contributed by atoms with van der Waals surface area (Å²) in [5.74, 6) is 0.894. The number of hydrogen-bond acceptors (Lipinski definition) is 3. The van der Waals surface area contributed by atoms with Gasteiger partial charge in [0.2, 0.25) is 0 Å². The van der Waals surface area contributed by atoms with Crippen LogP contribution in [0.4, 0.5) is 0 Å². The summed E-state index contributed by atoms with van der Waals surface area (Å²) in [5.41, 5.74) is 0. The molecule has 0 spiro atoms. The maximum atomic E-state index is 8.50. The third-order valence-electron chi connectivity index (χ3n) is 1.59. The summed E-state index contributed by atoms with van der Waals surface area (Å²) in [5, 5.41) is 12.7. The lowest BCUT2D eigenvalue weighted by Gasteiger charge is -2.12. The molecule has 0 bridgehead atoms. The quantitative estimate of drug-likeness (QED) is 0.390. The predicted molar refractivity (Wildman–Crippen MR) is 60.8 cm³/mol. The highest BCUT2D eigenvalue weighted by Crippen LogP contribution is 1.73. The zero-order valence-electron chi connectivity index (χ0n) is 10.2. The molecule has 0 aliphatic heterocycles. The molecule has 0 saturated heterocycles. The Hall–Kier alpha value is -0.810. The molecule has 0 aliphatic rings. The number of nitrogens with zero attached hydrogens (tertiary/aromatic N) is 3. The van der Waals surface area contributed by atoms with Gasteiger partial charge in [-0.1, -0.05) is 13.8 Å². The van der Waals surface area contributed by atoms with Crippen molar-refractivity contribution in [2.75, 3.05) is 41.3 Å². The van der Waals surface area contributed by atoms with Crippen LogP contribution in [0, 0.1) is 0 Å². The van der Waals surface area contributed by atoms with Crippen molar-refractivity contribution in [3.63, 3.8) is 0 Å². The van der Waals surface area contributed by atoms with E-state index in [2.05, 4.69) is 10.3 Å². The summed E-state index contributed by atoms with van der Waals surface area (Å²) < 4.78 is 0. The summed E-state index contributed by atoms with van der Waals surface area (Å²) >= 11 is 0. The fourth-order valence-electron chi connectivity index (χ4n) is 0.759. The molecule has 0 unspecified atom stereocenters. The minimum absolute atomic E-state index is 0.719. The lowest BCUT2D eigenvalue weighted by Crippen LogP contribution is -2.33. The third kappa shape index (κ3) is 9.28. The Labute approximate surface area is 87.4 Å². The lowest BCUT2D eigenvalue weighted by molar-refractivity contribution is -0.0813. The molecule has 0 aromatic rings. The van der Waals surface area contributed by atoms with E-state index in [9.17, 15) is 0 Å². The maximum absolute atomic E-state index is 8.50. The fourth-order valence-corrected chi connectivity index (χ4v) is 0.759. The van der Waals surface area contributed by atoms with Gasteiger partial charge in [0.1, 0.15) is 0 Å². The highest BCUT2D eigenvalue weighted by molar-refractivity contribution is 5.78. The number of hydroxylamine groups is 2.